The number of carbonyl (C=O) groups is 1. The molecule has 2 rings (SSSR count). The third-order valence-corrected chi connectivity index (χ3v) is 4.35. The summed E-state index contributed by atoms with van der Waals surface area (Å²) in [7, 11) is -3.82. The minimum Gasteiger partial charge on any atom is -0.478 e. The van der Waals surface area contributed by atoms with Gasteiger partial charge >= 0.3 is 5.97 Å². The predicted octanol–water partition coefficient (Wildman–Crippen LogP) is 0.962. The molecule has 0 spiro atoms. The van der Waals surface area contributed by atoms with Crippen molar-refractivity contribution < 1.29 is 18.3 Å². The Kier molecular flexibility index (Phi) is 4.29. The van der Waals surface area contributed by atoms with Gasteiger partial charge in [0.2, 0.25) is 10.0 Å². The number of aryl methyl sites for hydroxylation is 1. The quantitative estimate of drug-likeness (QED) is 0.851. The minimum atomic E-state index is -3.82. The Morgan fingerprint density at radius 3 is 2.71 bits per heavy atom. The molecule has 0 aliphatic rings. The molecule has 21 heavy (non-hydrogen) atoms. The molecule has 1 aromatic carbocycles. The summed E-state index contributed by atoms with van der Waals surface area (Å²) in [5.41, 5.74) is 0.902. The number of nitrogens with one attached hydrogen (secondary N) is 1. The average Bonchev–Trinajstić information content (AvgIpc) is 2.46. The number of carboxylic acids is 1. The summed E-state index contributed by atoms with van der Waals surface area (Å²) < 4.78 is 26.9. The first-order valence-electron chi connectivity index (χ1n) is 5.98. The van der Waals surface area contributed by atoms with Crippen molar-refractivity contribution in [2.75, 3.05) is 0 Å². The highest BCUT2D eigenvalue weighted by Gasteiger charge is 2.18. The van der Waals surface area contributed by atoms with E-state index < -0.39 is 16.0 Å². The van der Waals surface area contributed by atoms with Crippen LogP contribution in [0, 0.1) is 6.92 Å². The first-order chi connectivity index (χ1) is 9.90. The van der Waals surface area contributed by atoms with E-state index in [0.717, 1.165) is 6.07 Å². The Morgan fingerprint density at radius 1 is 1.33 bits per heavy atom. The van der Waals surface area contributed by atoms with E-state index in [-0.39, 0.29) is 17.0 Å². The summed E-state index contributed by atoms with van der Waals surface area (Å²) >= 11 is 0. The predicted molar refractivity (Wildman–Crippen MR) is 74.2 cm³/mol. The molecule has 0 saturated heterocycles. The molecule has 0 aliphatic heterocycles. The number of sulfonamides is 1. The number of aromatic carboxylic acids is 1. The van der Waals surface area contributed by atoms with E-state index in [2.05, 4.69) is 14.7 Å². The molecule has 0 amide bonds. The number of rotatable bonds is 5. The standard InChI is InChI=1S/C13H13N3O4S/c1-9-2-3-10(13(17)18)6-12(9)21(19,20)16-7-11-4-5-14-8-15-11/h2-6,8,16H,7H2,1H3,(H,17,18). The van der Waals surface area contributed by atoms with Gasteiger partial charge in [-0.2, -0.15) is 0 Å². The summed E-state index contributed by atoms with van der Waals surface area (Å²) in [5.74, 6) is -1.18. The van der Waals surface area contributed by atoms with Crippen LogP contribution in [0.25, 0.3) is 0 Å². The van der Waals surface area contributed by atoms with Gasteiger partial charge in [-0.15, -0.1) is 0 Å². The van der Waals surface area contributed by atoms with E-state index in [1.165, 1.54) is 24.7 Å². The van der Waals surface area contributed by atoms with Gasteiger partial charge in [0.15, 0.2) is 0 Å². The smallest absolute Gasteiger partial charge is 0.335 e. The van der Waals surface area contributed by atoms with Crippen molar-refractivity contribution in [3.05, 3.63) is 53.6 Å². The number of carboxylic acid groups (broad SMARTS) is 1. The van der Waals surface area contributed by atoms with E-state index in [0.29, 0.717) is 11.3 Å². The second-order valence-electron chi connectivity index (χ2n) is 4.31. The minimum absolute atomic E-state index is 0.00158. The monoisotopic (exact) mass is 307 g/mol. The maximum atomic E-state index is 12.3. The SMILES string of the molecule is Cc1ccc(C(=O)O)cc1S(=O)(=O)NCc1ccncn1. The van der Waals surface area contributed by atoms with Crippen molar-refractivity contribution in [2.45, 2.75) is 18.4 Å². The fourth-order valence-electron chi connectivity index (χ4n) is 1.69. The van der Waals surface area contributed by atoms with Crippen LogP contribution < -0.4 is 4.72 Å². The Balaban J connectivity index is 2.27. The first kappa shape index (κ1) is 15.1. The number of aromatic nitrogens is 2. The summed E-state index contributed by atoms with van der Waals surface area (Å²) in [6.07, 6.45) is 2.83. The maximum absolute atomic E-state index is 12.3. The lowest BCUT2D eigenvalue weighted by Crippen LogP contribution is -2.24. The van der Waals surface area contributed by atoms with Crippen molar-refractivity contribution in [2.24, 2.45) is 0 Å². The molecule has 1 heterocycles. The molecule has 0 atom stereocenters. The van der Waals surface area contributed by atoms with Crippen molar-refractivity contribution in [1.29, 1.82) is 0 Å². The molecule has 0 fully saturated rings. The molecule has 1 aromatic heterocycles. The zero-order valence-electron chi connectivity index (χ0n) is 11.1. The number of hydrogen-bond acceptors (Lipinski definition) is 5. The zero-order valence-corrected chi connectivity index (χ0v) is 12.0. The summed E-state index contributed by atoms with van der Waals surface area (Å²) in [6, 6.07) is 5.55. The number of benzene rings is 1. The molecular formula is C13H13N3O4S. The lowest BCUT2D eigenvalue weighted by atomic mass is 10.1. The molecule has 0 saturated carbocycles. The van der Waals surface area contributed by atoms with Gasteiger partial charge in [-0.25, -0.2) is 27.9 Å². The maximum Gasteiger partial charge on any atom is 0.335 e. The van der Waals surface area contributed by atoms with E-state index in [1.54, 1.807) is 13.0 Å². The first-order valence-corrected chi connectivity index (χ1v) is 7.47. The van der Waals surface area contributed by atoms with E-state index in [4.69, 9.17) is 5.11 Å². The van der Waals surface area contributed by atoms with Crippen LogP contribution in [0.5, 0.6) is 0 Å². The zero-order chi connectivity index (χ0) is 15.5. The molecule has 0 bridgehead atoms. The molecule has 2 N–H and O–H groups in total. The topological polar surface area (TPSA) is 109 Å². The van der Waals surface area contributed by atoms with Gasteiger partial charge in [-0.3, -0.25) is 0 Å². The highest BCUT2D eigenvalue weighted by Crippen LogP contribution is 2.17. The van der Waals surface area contributed by atoms with Crippen LogP contribution >= 0.6 is 0 Å². The Hall–Kier alpha value is -2.32. The lowest BCUT2D eigenvalue weighted by molar-refractivity contribution is 0.0696. The van der Waals surface area contributed by atoms with Crippen molar-refractivity contribution in [3.8, 4) is 0 Å². The highest BCUT2D eigenvalue weighted by atomic mass is 32.2. The molecule has 2 aromatic rings. The van der Waals surface area contributed by atoms with Crippen molar-refractivity contribution in [1.82, 2.24) is 14.7 Å². The Bertz CT molecular complexity index is 760. The van der Waals surface area contributed by atoms with Gasteiger partial charge in [0.1, 0.15) is 6.33 Å². The molecule has 0 aliphatic carbocycles. The van der Waals surface area contributed by atoms with Gasteiger partial charge in [0.25, 0.3) is 0 Å². The van der Waals surface area contributed by atoms with Crippen LogP contribution in [0.4, 0.5) is 0 Å². The number of nitrogens with zero attached hydrogens (tertiary/aromatic N) is 2. The van der Waals surface area contributed by atoms with Crippen LogP contribution in [-0.4, -0.2) is 29.5 Å². The van der Waals surface area contributed by atoms with Crippen LogP contribution in [0.15, 0.2) is 41.7 Å². The largest absolute Gasteiger partial charge is 0.478 e. The Morgan fingerprint density at radius 2 is 2.10 bits per heavy atom. The van der Waals surface area contributed by atoms with Crippen LogP contribution in [0.3, 0.4) is 0 Å². The third-order valence-electron chi connectivity index (χ3n) is 2.81. The summed E-state index contributed by atoms with van der Waals surface area (Å²) in [4.78, 5) is 18.5. The number of hydrogen-bond donors (Lipinski definition) is 2. The molecule has 7 nitrogen and oxygen atoms in total. The van der Waals surface area contributed by atoms with Crippen molar-refractivity contribution in [3.63, 3.8) is 0 Å². The molecule has 8 heteroatoms. The highest BCUT2D eigenvalue weighted by molar-refractivity contribution is 7.89. The summed E-state index contributed by atoms with van der Waals surface area (Å²) in [5, 5.41) is 8.94. The molecular weight excluding hydrogens is 294 g/mol. The average molecular weight is 307 g/mol. The van der Waals surface area contributed by atoms with Crippen LogP contribution in [0.1, 0.15) is 21.6 Å². The van der Waals surface area contributed by atoms with E-state index in [1.807, 2.05) is 0 Å². The second-order valence-corrected chi connectivity index (χ2v) is 6.05. The van der Waals surface area contributed by atoms with E-state index in [9.17, 15) is 13.2 Å². The van der Waals surface area contributed by atoms with Gasteiger partial charge in [0.05, 0.1) is 22.7 Å². The third kappa shape index (κ3) is 3.61. The molecule has 0 radical (unpaired) electrons. The normalized spacial score (nSPS) is 11.3. The Labute approximate surface area is 121 Å². The van der Waals surface area contributed by atoms with Gasteiger partial charge < -0.3 is 5.11 Å². The fraction of sp³-hybridized carbons (Fsp3) is 0.154. The molecule has 0 unspecified atom stereocenters. The van der Waals surface area contributed by atoms with E-state index >= 15 is 0 Å². The fourth-order valence-corrected chi connectivity index (χ4v) is 2.96. The van der Waals surface area contributed by atoms with Gasteiger partial charge in [-0.05, 0) is 30.7 Å². The van der Waals surface area contributed by atoms with Gasteiger partial charge in [0, 0.05) is 6.20 Å². The second kappa shape index (κ2) is 5.98. The summed E-state index contributed by atoms with van der Waals surface area (Å²) in [6.45, 7) is 1.60. The van der Waals surface area contributed by atoms with Gasteiger partial charge in [-0.1, -0.05) is 6.07 Å². The van der Waals surface area contributed by atoms with Crippen LogP contribution in [-0.2, 0) is 16.6 Å². The van der Waals surface area contributed by atoms with Crippen LogP contribution in [0.2, 0.25) is 0 Å². The molecule has 110 valence electrons. The lowest BCUT2D eigenvalue weighted by Gasteiger charge is -2.09. The van der Waals surface area contributed by atoms with Crippen molar-refractivity contribution >= 4 is 16.0 Å².